The zero-order valence-corrected chi connectivity index (χ0v) is 14.8. The third-order valence-corrected chi connectivity index (χ3v) is 3.81. The number of imidazole rings is 1. The summed E-state index contributed by atoms with van der Waals surface area (Å²) in [7, 11) is 0. The quantitative estimate of drug-likeness (QED) is 0.515. The molecule has 0 radical (unpaired) electrons. The minimum atomic E-state index is 0. The van der Waals surface area contributed by atoms with Crippen LogP contribution in [0.3, 0.4) is 0 Å². The van der Waals surface area contributed by atoms with Crippen molar-refractivity contribution >= 4 is 46.3 Å². The topological polar surface area (TPSA) is 42.2 Å². The fourth-order valence-corrected chi connectivity index (χ4v) is 2.77. The standard InChI is InChI=1S/C18H16N4.HI/c1(2-11-22-12-10-19-13-22)9-20-18-15-7-3-5-14-6-4-8-16(21-18)17(14)15;/h1-8,10,12-13H,9,11H2,(H,20,21);1H/b2-1+;. The Balaban J connectivity index is 0.00000156. The van der Waals surface area contributed by atoms with Crippen LogP contribution in [0.4, 0.5) is 5.69 Å². The molecule has 0 bridgehead atoms. The van der Waals surface area contributed by atoms with Crippen molar-refractivity contribution in [2.45, 2.75) is 6.54 Å². The van der Waals surface area contributed by atoms with Crippen LogP contribution in [0, 0.1) is 0 Å². The van der Waals surface area contributed by atoms with Gasteiger partial charge in [-0.2, -0.15) is 0 Å². The second-order valence-electron chi connectivity index (χ2n) is 5.25. The zero-order chi connectivity index (χ0) is 14.8. The molecule has 4 rings (SSSR count). The van der Waals surface area contributed by atoms with Crippen molar-refractivity contribution in [3.8, 4) is 0 Å². The third-order valence-electron chi connectivity index (χ3n) is 3.81. The zero-order valence-electron chi connectivity index (χ0n) is 12.5. The molecule has 1 N–H and O–H groups in total. The van der Waals surface area contributed by atoms with Gasteiger partial charge in [-0.1, -0.05) is 42.5 Å². The average Bonchev–Trinajstić information content (AvgIpc) is 3.17. The van der Waals surface area contributed by atoms with Gasteiger partial charge in [0, 0.05) is 35.6 Å². The van der Waals surface area contributed by atoms with E-state index in [1.54, 1.807) is 6.20 Å². The van der Waals surface area contributed by atoms with E-state index in [-0.39, 0.29) is 24.0 Å². The lowest BCUT2D eigenvalue weighted by Crippen LogP contribution is -2.07. The maximum atomic E-state index is 4.68. The number of halogens is 1. The van der Waals surface area contributed by atoms with Crippen molar-refractivity contribution in [3.63, 3.8) is 0 Å². The second-order valence-corrected chi connectivity index (χ2v) is 5.25. The lowest BCUT2D eigenvalue weighted by molar-refractivity contribution is 0.818. The fraction of sp³-hybridized carbons (Fsp3) is 0.111. The van der Waals surface area contributed by atoms with Crippen LogP contribution in [-0.4, -0.2) is 21.9 Å². The number of hydrogen-bond acceptors (Lipinski definition) is 2. The Kier molecular flexibility index (Phi) is 4.76. The molecule has 0 fully saturated rings. The van der Waals surface area contributed by atoms with E-state index in [0.29, 0.717) is 6.54 Å². The van der Waals surface area contributed by atoms with E-state index in [0.717, 1.165) is 18.1 Å². The summed E-state index contributed by atoms with van der Waals surface area (Å²) in [5.41, 5.74) is 2.34. The lowest BCUT2D eigenvalue weighted by atomic mass is 10.1. The number of hydrogen-bond donors (Lipinski definition) is 1. The molecule has 0 saturated carbocycles. The van der Waals surface area contributed by atoms with Crippen LogP contribution >= 0.6 is 24.0 Å². The van der Waals surface area contributed by atoms with Crippen LogP contribution in [0.2, 0.25) is 0 Å². The Bertz CT molecular complexity index is 861. The summed E-state index contributed by atoms with van der Waals surface area (Å²) in [5.74, 6) is 0.957. The number of benzene rings is 2. The first-order valence-electron chi connectivity index (χ1n) is 7.36. The van der Waals surface area contributed by atoms with E-state index in [2.05, 4.69) is 63.8 Å². The van der Waals surface area contributed by atoms with Crippen molar-refractivity contribution < 1.29 is 0 Å². The Morgan fingerprint density at radius 3 is 2.83 bits per heavy atom. The summed E-state index contributed by atoms with van der Waals surface area (Å²) in [6.07, 6.45) is 9.73. The largest absolute Gasteiger partial charge is 0.339 e. The number of nitrogens with one attached hydrogen (secondary N) is 1. The van der Waals surface area contributed by atoms with Gasteiger partial charge < -0.3 is 9.88 Å². The maximum Gasteiger partial charge on any atom is 0.133 e. The second kappa shape index (κ2) is 6.95. The Hall–Kier alpha value is -2.15. The molecule has 2 heterocycles. The highest BCUT2D eigenvalue weighted by atomic mass is 127. The third kappa shape index (κ3) is 3.14. The molecule has 3 aromatic rings. The normalized spacial score (nSPS) is 14.3. The minimum absolute atomic E-state index is 0. The van der Waals surface area contributed by atoms with E-state index in [9.17, 15) is 0 Å². The molecule has 0 aliphatic carbocycles. The molecule has 1 aliphatic rings. The van der Waals surface area contributed by atoms with Gasteiger partial charge in [-0.25, -0.2) is 4.98 Å². The number of aliphatic imine (C=N–C) groups is 1. The molecule has 0 atom stereocenters. The Morgan fingerprint density at radius 2 is 2.00 bits per heavy atom. The first-order chi connectivity index (χ1) is 10.9. The van der Waals surface area contributed by atoms with Crippen LogP contribution in [0.5, 0.6) is 0 Å². The first kappa shape index (κ1) is 15.7. The molecule has 116 valence electrons. The first-order valence-corrected chi connectivity index (χ1v) is 7.36. The van der Waals surface area contributed by atoms with Gasteiger partial charge in [0.1, 0.15) is 5.84 Å². The molecule has 23 heavy (non-hydrogen) atoms. The Morgan fingerprint density at radius 1 is 1.13 bits per heavy atom. The van der Waals surface area contributed by atoms with Crippen LogP contribution in [-0.2, 0) is 6.54 Å². The predicted molar refractivity (Wildman–Crippen MR) is 106 cm³/mol. The van der Waals surface area contributed by atoms with E-state index < -0.39 is 0 Å². The molecule has 2 aromatic carbocycles. The number of amidine groups is 1. The van der Waals surface area contributed by atoms with Gasteiger partial charge in [0.25, 0.3) is 0 Å². The highest BCUT2D eigenvalue weighted by Gasteiger charge is 2.18. The minimum Gasteiger partial charge on any atom is -0.339 e. The highest BCUT2D eigenvalue weighted by molar-refractivity contribution is 14.0. The Labute approximate surface area is 152 Å². The molecule has 0 amide bonds. The summed E-state index contributed by atoms with van der Waals surface area (Å²) in [6.45, 7) is 1.50. The fourth-order valence-electron chi connectivity index (χ4n) is 2.77. The van der Waals surface area contributed by atoms with E-state index in [1.165, 1.54) is 16.3 Å². The molecule has 1 aromatic heterocycles. The smallest absolute Gasteiger partial charge is 0.133 e. The van der Waals surface area contributed by atoms with Gasteiger partial charge in [-0.15, -0.1) is 24.0 Å². The van der Waals surface area contributed by atoms with Crippen molar-refractivity contribution in [2.75, 3.05) is 11.9 Å². The van der Waals surface area contributed by atoms with Crippen molar-refractivity contribution in [1.29, 1.82) is 0 Å². The van der Waals surface area contributed by atoms with E-state index in [4.69, 9.17) is 0 Å². The van der Waals surface area contributed by atoms with Gasteiger partial charge in [0.15, 0.2) is 0 Å². The summed E-state index contributed by atoms with van der Waals surface area (Å²) < 4.78 is 2.02. The highest BCUT2D eigenvalue weighted by Crippen LogP contribution is 2.32. The number of anilines is 1. The summed E-state index contributed by atoms with van der Waals surface area (Å²) in [6, 6.07) is 12.7. The van der Waals surface area contributed by atoms with Crippen molar-refractivity contribution in [3.05, 3.63) is 72.8 Å². The van der Waals surface area contributed by atoms with Gasteiger partial charge >= 0.3 is 0 Å². The molecule has 0 saturated heterocycles. The SMILES string of the molecule is C(=C\Cn1ccnc1)/CN=C1Nc2cccc3cccc1c23.I. The molecule has 0 unspecified atom stereocenters. The number of aromatic nitrogens is 2. The van der Waals surface area contributed by atoms with Gasteiger partial charge in [-0.05, 0) is 11.5 Å². The van der Waals surface area contributed by atoms with Gasteiger partial charge in [-0.3, -0.25) is 4.99 Å². The van der Waals surface area contributed by atoms with Crippen molar-refractivity contribution in [1.82, 2.24) is 9.55 Å². The molecule has 4 nitrogen and oxygen atoms in total. The summed E-state index contributed by atoms with van der Waals surface area (Å²) in [5, 5.41) is 5.94. The molecule has 0 spiro atoms. The maximum absolute atomic E-state index is 4.68. The number of allylic oxidation sites excluding steroid dienone is 1. The summed E-state index contributed by atoms with van der Waals surface area (Å²) >= 11 is 0. The van der Waals surface area contributed by atoms with Crippen LogP contribution < -0.4 is 5.32 Å². The summed E-state index contributed by atoms with van der Waals surface area (Å²) in [4.78, 5) is 8.70. The number of rotatable bonds is 4. The average molecular weight is 416 g/mol. The molecule has 1 aliphatic heterocycles. The molecular formula is C18H17IN4. The van der Waals surface area contributed by atoms with E-state index in [1.807, 2.05) is 17.1 Å². The monoisotopic (exact) mass is 416 g/mol. The predicted octanol–water partition coefficient (Wildman–Crippen LogP) is 4.08. The van der Waals surface area contributed by atoms with Crippen LogP contribution in [0.25, 0.3) is 10.8 Å². The van der Waals surface area contributed by atoms with Crippen LogP contribution in [0.1, 0.15) is 5.56 Å². The van der Waals surface area contributed by atoms with Crippen molar-refractivity contribution in [2.24, 2.45) is 4.99 Å². The van der Waals surface area contributed by atoms with Gasteiger partial charge in [0.05, 0.1) is 12.9 Å². The number of nitrogens with zero attached hydrogens (tertiary/aromatic N) is 3. The van der Waals surface area contributed by atoms with Crippen LogP contribution in [0.15, 0.2) is 72.3 Å². The van der Waals surface area contributed by atoms with Gasteiger partial charge in [0.2, 0.25) is 0 Å². The molecule has 5 heteroatoms. The lowest BCUT2D eigenvalue weighted by Gasteiger charge is -1.99. The van der Waals surface area contributed by atoms with E-state index >= 15 is 0 Å². The molecular weight excluding hydrogens is 399 g/mol.